The zero-order valence-electron chi connectivity index (χ0n) is 15.3. The van der Waals surface area contributed by atoms with Crippen LogP contribution in [0.3, 0.4) is 0 Å². The van der Waals surface area contributed by atoms with Crippen LogP contribution in [0, 0.1) is 0 Å². The van der Waals surface area contributed by atoms with Crippen LogP contribution >= 0.6 is 0 Å². The summed E-state index contributed by atoms with van der Waals surface area (Å²) in [4.78, 5) is 23.3. The number of likely N-dealkylation sites (N-methyl/N-ethyl adjacent to an activating group) is 1. The fourth-order valence-electron chi connectivity index (χ4n) is 2.59. The van der Waals surface area contributed by atoms with Gasteiger partial charge in [-0.25, -0.2) is 0 Å². The van der Waals surface area contributed by atoms with Crippen molar-refractivity contribution in [1.29, 1.82) is 0 Å². The summed E-state index contributed by atoms with van der Waals surface area (Å²) >= 11 is 0. The summed E-state index contributed by atoms with van der Waals surface area (Å²) in [7, 11) is 1.85. The molecule has 2 aliphatic rings. The number of hydrogen-bond acceptors (Lipinski definition) is 4. The first-order valence-electron chi connectivity index (χ1n) is 8.49. The highest BCUT2D eigenvalue weighted by atomic mass is 16.4. The summed E-state index contributed by atoms with van der Waals surface area (Å²) in [5.41, 5.74) is -0.738. The highest BCUT2D eigenvalue weighted by Crippen LogP contribution is 2.23. The summed E-state index contributed by atoms with van der Waals surface area (Å²) in [6.45, 7) is 6.36. The molecule has 1 heterocycles. The molecule has 1 fully saturated rings. The molecule has 2 N–H and O–H groups in total. The van der Waals surface area contributed by atoms with Crippen molar-refractivity contribution in [2.75, 3.05) is 13.6 Å². The van der Waals surface area contributed by atoms with E-state index < -0.39 is 11.6 Å². The van der Waals surface area contributed by atoms with Crippen molar-refractivity contribution in [3.63, 3.8) is 0 Å². The van der Waals surface area contributed by atoms with Gasteiger partial charge in [0.1, 0.15) is 6.04 Å². The van der Waals surface area contributed by atoms with Crippen LogP contribution in [0.5, 0.6) is 0 Å². The molecule has 1 unspecified atom stereocenters. The summed E-state index contributed by atoms with van der Waals surface area (Å²) in [6.07, 6.45) is 18.4. The van der Waals surface area contributed by atoms with E-state index in [0.717, 1.165) is 19.4 Å². The van der Waals surface area contributed by atoms with Crippen LogP contribution in [0.2, 0.25) is 0 Å². The fraction of sp³-hybridized carbons (Fsp3) is 0.333. The van der Waals surface area contributed by atoms with E-state index in [-0.39, 0.29) is 6.04 Å². The first-order chi connectivity index (χ1) is 12.3. The average molecular weight is 357 g/mol. The maximum absolute atomic E-state index is 11.1. The molecule has 1 aliphatic heterocycles. The van der Waals surface area contributed by atoms with Crippen LogP contribution in [0.1, 0.15) is 19.8 Å². The topological polar surface area (TPSA) is 77.8 Å². The van der Waals surface area contributed by atoms with Crippen LogP contribution in [-0.2, 0) is 9.59 Å². The maximum Gasteiger partial charge on any atom is 0.320 e. The molecule has 2 atom stereocenters. The van der Waals surface area contributed by atoms with Crippen molar-refractivity contribution >= 4 is 12.3 Å². The Hall–Kier alpha value is -2.50. The SMILES string of the molecule is C=C1\C=C/C=C\C=C\C=C/C=C(\C)C1(O)C=O.CN1CCC[C@H]1C(=O)O. The number of carbonyl (C=O) groups excluding carboxylic acids is 1. The maximum atomic E-state index is 11.1. The minimum absolute atomic E-state index is 0.218. The standard InChI is InChI=1S/C15H16O2.C6H11NO2/c1-13-10-8-6-4-3-5-7-9-11-14(2)15(13,17)12-16;1-7-4-2-3-5(7)6(8)9/h3-12,17H,1H2,2H3;5H,2-4H2,1H3,(H,8,9)/b5-3+,6-4-,9-7-,10-8-,14-11+;/t;5-/m.0/s1. The van der Waals surface area contributed by atoms with Gasteiger partial charge in [-0.1, -0.05) is 61.3 Å². The van der Waals surface area contributed by atoms with Gasteiger partial charge in [-0.3, -0.25) is 14.5 Å². The minimum Gasteiger partial charge on any atom is -0.480 e. The van der Waals surface area contributed by atoms with Crippen LogP contribution in [0.4, 0.5) is 0 Å². The number of rotatable bonds is 2. The van der Waals surface area contributed by atoms with Gasteiger partial charge in [-0.2, -0.15) is 0 Å². The lowest BCUT2D eigenvalue weighted by Gasteiger charge is -2.23. The Bertz CT molecular complexity index is 669. The number of aliphatic carboxylic acids is 1. The molecular weight excluding hydrogens is 330 g/mol. The van der Waals surface area contributed by atoms with Crippen molar-refractivity contribution in [3.05, 3.63) is 72.4 Å². The number of aldehydes is 1. The lowest BCUT2D eigenvalue weighted by molar-refractivity contribution is -0.141. The zero-order chi connectivity index (χ0) is 19.6. The summed E-state index contributed by atoms with van der Waals surface area (Å²) < 4.78 is 0. The summed E-state index contributed by atoms with van der Waals surface area (Å²) in [5, 5.41) is 18.8. The minimum atomic E-state index is -1.63. The molecular formula is C21H27NO4. The molecule has 5 nitrogen and oxygen atoms in total. The van der Waals surface area contributed by atoms with Crippen LogP contribution in [0.15, 0.2) is 72.4 Å². The van der Waals surface area contributed by atoms with Crippen molar-refractivity contribution in [2.45, 2.75) is 31.4 Å². The second kappa shape index (κ2) is 10.5. The van der Waals surface area contributed by atoms with Gasteiger partial charge in [-0.15, -0.1) is 0 Å². The number of aliphatic hydroxyl groups is 1. The van der Waals surface area contributed by atoms with Crippen molar-refractivity contribution in [2.24, 2.45) is 0 Å². The van der Waals surface area contributed by atoms with Gasteiger partial charge in [0.05, 0.1) is 0 Å². The Balaban J connectivity index is 0.000000314. The van der Waals surface area contributed by atoms with Crippen molar-refractivity contribution in [1.82, 2.24) is 4.90 Å². The van der Waals surface area contributed by atoms with Gasteiger partial charge in [-0.05, 0) is 44.5 Å². The Labute approximate surface area is 155 Å². The molecule has 1 saturated heterocycles. The quantitative estimate of drug-likeness (QED) is 0.743. The third-order valence-electron chi connectivity index (χ3n) is 4.38. The second-order valence-electron chi connectivity index (χ2n) is 6.25. The van der Waals surface area contributed by atoms with Gasteiger partial charge >= 0.3 is 5.97 Å². The number of nitrogens with zero attached hydrogens (tertiary/aromatic N) is 1. The van der Waals surface area contributed by atoms with E-state index in [1.165, 1.54) is 0 Å². The molecule has 2 rings (SSSR count). The Morgan fingerprint density at radius 1 is 1.23 bits per heavy atom. The Morgan fingerprint density at radius 3 is 2.27 bits per heavy atom. The van der Waals surface area contributed by atoms with E-state index in [9.17, 15) is 14.7 Å². The average Bonchev–Trinajstić information content (AvgIpc) is 3.05. The third-order valence-corrected chi connectivity index (χ3v) is 4.38. The molecule has 0 amide bonds. The van der Waals surface area contributed by atoms with Gasteiger partial charge in [0, 0.05) is 0 Å². The molecule has 5 heteroatoms. The molecule has 0 saturated carbocycles. The van der Waals surface area contributed by atoms with E-state index in [1.54, 1.807) is 37.3 Å². The molecule has 0 aromatic carbocycles. The van der Waals surface area contributed by atoms with E-state index >= 15 is 0 Å². The number of allylic oxidation sites excluding steroid dienone is 8. The number of carboxylic acid groups (broad SMARTS) is 1. The van der Waals surface area contributed by atoms with Gasteiger partial charge in [0.2, 0.25) is 0 Å². The van der Waals surface area contributed by atoms with Gasteiger partial charge in [0.15, 0.2) is 11.9 Å². The number of likely N-dealkylation sites (tertiary alicyclic amines) is 1. The first kappa shape index (κ1) is 21.5. The predicted molar refractivity (Wildman–Crippen MR) is 104 cm³/mol. The Kier molecular flexibility index (Phi) is 8.68. The Morgan fingerprint density at radius 2 is 1.81 bits per heavy atom. The second-order valence-corrected chi connectivity index (χ2v) is 6.25. The van der Waals surface area contributed by atoms with E-state index in [2.05, 4.69) is 6.58 Å². The molecule has 0 bridgehead atoms. The lowest BCUT2D eigenvalue weighted by atomic mass is 9.88. The smallest absolute Gasteiger partial charge is 0.320 e. The first-order valence-corrected chi connectivity index (χ1v) is 8.49. The van der Waals surface area contributed by atoms with E-state index in [0.29, 0.717) is 17.4 Å². The lowest BCUT2D eigenvalue weighted by Crippen LogP contribution is -2.33. The molecule has 26 heavy (non-hydrogen) atoms. The summed E-state index contributed by atoms with van der Waals surface area (Å²) in [6, 6.07) is -0.218. The number of carboxylic acids is 1. The van der Waals surface area contributed by atoms with Crippen LogP contribution < -0.4 is 0 Å². The highest BCUT2D eigenvalue weighted by molar-refractivity contribution is 5.75. The highest BCUT2D eigenvalue weighted by Gasteiger charge is 2.30. The van der Waals surface area contributed by atoms with Gasteiger partial charge < -0.3 is 10.2 Å². The van der Waals surface area contributed by atoms with Crippen LogP contribution in [-0.4, -0.2) is 52.6 Å². The predicted octanol–water partition coefficient (Wildman–Crippen LogP) is 2.82. The van der Waals surface area contributed by atoms with Gasteiger partial charge in [0.25, 0.3) is 0 Å². The third kappa shape index (κ3) is 6.10. The number of hydrogen-bond donors (Lipinski definition) is 2. The largest absolute Gasteiger partial charge is 0.480 e. The monoisotopic (exact) mass is 357 g/mol. The van der Waals surface area contributed by atoms with E-state index in [4.69, 9.17) is 5.11 Å². The molecule has 0 spiro atoms. The van der Waals surface area contributed by atoms with E-state index in [1.807, 2.05) is 36.3 Å². The zero-order valence-corrected chi connectivity index (χ0v) is 15.3. The molecule has 140 valence electrons. The molecule has 0 radical (unpaired) electrons. The fourth-order valence-corrected chi connectivity index (χ4v) is 2.59. The number of carbonyl (C=O) groups is 2. The van der Waals surface area contributed by atoms with Crippen molar-refractivity contribution < 1.29 is 19.8 Å². The molecule has 0 aromatic rings. The molecule has 0 aromatic heterocycles. The molecule has 1 aliphatic carbocycles. The van der Waals surface area contributed by atoms with Crippen LogP contribution in [0.25, 0.3) is 0 Å². The summed E-state index contributed by atoms with van der Waals surface area (Å²) in [5.74, 6) is -0.685. The van der Waals surface area contributed by atoms with Crippen molar-refractivity contribution in [3.8, 4) is 0 Å². The normalized spacial score (nSPS) is 33.3.